The summed E-state index contributed by atoms with van der Waals surface area (Å²) in [5.74, 6) is 0.258. The average molecular weight is 241 g/mol. The Hall–Kier alpha value is -1.42. The van der Waals surface area contributed by atoms with E-state index >= 15 is 0 Å². The standard InChI is InChI=1S/C14H15NOSi/c15-17-16-11-14(12-7-3-1-4-8-12)13-9-5-2-6-10-13/h1-10,14H,11,15H2. The first-order chi connectivity index (χ1) is 8.42. The van der Waals surface area contributed by atoms with Crippen LogP contribution in [0.2, 0.25) is 0 Å². The number of hydrogen-bond acceptors (Lipinski definition) is 2. The fourth-order valence-electron chi connectivity index (χ4n) is 1.89. The molecule has 0 aliphatic carbocycles. The SMILES string of the molecule is N[Si]OCC(c1ccccc1)c1ccccc1. The van der Waals surface area contributed by atoms with Crippen molar-refractivity contribution in [2.45, 2.75) is 5.92 Å². The normalized spacial score (nSPS) is 10.7. The van der Waals surface area contributed by atoms with Gasteiger partial charge >= 0.3 is 9.92 Å². The Morgan fingerprint density at radius 3 is 1.76 bits per heavy atom. The van der Waals surface area contributed by atoms with E-state index in [0.29, 0.717) is 6.61 Å². The quantitative estimate of drug-likeness (QED) is 0.815. The van der Waals surface area contributed by atoms with Crippen molar-refractivity contribution in [3.8, 4) is 0 Å². The van der Waals surface area contributed by atoms with Gasteiger partial charge in [-0.1, -0.05) is 60.7 Å². The number of nitrogens with two attached hydrogens (primary N) is 1. The van der Waals surface area contributed by atoms with Crippen LogP contribution in [0.3, 0.4) is 0 Å². The summed E-state index contributed by atoms with van der Waals surface area (Å²) in [5.41, 5.74) is 2.52. The van der Waals surface area contributed by atoms with Crippen LogP contribution in [0.25, 0.3) is 0 Å². The zero-order valence-electron chi connectivity index (χ0n) is 9.54. The largest absolute Gasteiger partial charge is 0.402 e. The molecule has 0 atom stereocenters. The van der Waals surface area contributed by atoms with Crippen molar-refractivity contribution in [1.82, 2.24) is 0 Å². The van der Waals surface area contributed by atoms with E-state index in [0.717, 1.165) is 0 Å². The van der Waals surface area contributed by atoms with Gasteiger partial charge in [0.1, 0.15) is 0 Å². The molecule has 0 fully saturated rings. The highest BCUT2D eigenvalue weighted by Crippen LogP contribution is 2.24. The van der Waals surface area contributed by atoms with E-state index in [9.17, 15) is 0 Å². The molecule has 17 heavy (non-hydrogen) atoms. The molecule has 3 heteroatoms. The lowest BCUT2D eigenvalue weighted by atomic mass is 9.92. The van der Waals surface area contributed by atoms with Crippen molar-refractivity contribution in [2.24, 2.45) is 5.40 Å². The predicted octanol–water partition coefficient (Wildman–Crippen LogP) is 2.33. The van der Waals surface area contributed by atoms with Gasteiger partial charge in [0.15, 0.2) is 0 Å². The summed E-state index contributed by atoms with van der Waals surface area (Å²) in [4.78, 5) is 0. The number of rotatable bonds is 5. The van der Waals surface area contributed by atoms with Gasteiger partial charge in [0, 0.05) is 12.5 Å². The lowest BCUT2D eigenvalue weighted by molar-refractivity contribution is 0.320. The summed E-state index contributed by atoms with van der Waals surface area (Å²) < 4.78 is 5.41. The van der Waals surface area contributed by atoms with E-state index in [-0.39, 0.29) is 15.8 Å². The molecule has 0 saturated carbocycles. The van der Waals surface area contributed by atoms with Gasteiger partial charge in [-0.3, -0.25) is 0 Å². The van der Waals surface area contributed by atoms with Gasteiger partial charge in [0.05, 0.1) is 0 Å². The third-order valence-corrected chi connectivity index (χ3v) is 3.07. The van der Waals surface area contributed by atoms with Crippen LogP contribution in [0.1, 0.15) is 17.0 Å². The summed E-state index contributed by atoms with van der Waals surface area (Å²) in [6, 6.07) is 20.8. The van der Waals surface area contributed by atoms with E-state index in [1.54, 1.807) is 0 Å². The lowest BCUT2D eigenvalue weighted by Gasteiger charge is -2.17. The maximum atomic E-state index is 5.44. The van der Waals surface area contributed by atoms with Gasteiger partial charge in [0.25, 0.3) is 0 Å². The van der Waals surface area contributed by atoms with Gasteiger partial charge in [-0.2, -0.15) is 0 Å². The topological polar surface area (TPSA) is 35.2 Å². The Morgan fingerprint density at radius 2 is 1.35 bits per heavy atom. The highest BCUT2D eigenvalue weighted by atomic mass is 28.2. The maximum Gasteiger partial charge on any atom is 0.334 e. The Labute approximate surface area is 104 Å². The third-order valence-electron chi connectivity index (χ3n) is 2.74. The predicted molar refractivity (Wildman–Crippen MR) is 70.6 cm³/mol. The third kappa shape index (κ3) is 3.26. The van der Waals surface area contributed by atoms with Gasteiger partial charge in [0.2, 0.25) is 0 Å². The highest BCUT2D eigenvalue weighted by Gasteiger charge is 2.13. The van der Waals surface area contributed by atoms with Gasteiger partial charge in [-0.05, 0) is 11.1 Å². The van der Waals surface area contributed by atoms with Crippen LogP contribution in [0, 0.1) is 0 Å². The molecule has 2 aromatic rings. The Morgan fingerprint density at radius 1 is 0.882 bits per heavy atom. The molecule has 2 nitrogen and oxygen atoms in total. The van der Waals surface area contributed by atoms with Gasteiger partial charge in [-0.25, -0.2) is 0 Å². The monoisotopic (exact) mass is 241 g/mol. The van der Waals surface area contributed by atoms with E-state index in [2.05, 4.69) is 48.5 Å². The Kier molecular flexibility index (Phi) is 4.50. The van der Waals surface area contributed by atoms with E-state index in [1.807, 2.05) is 12.1 Å². The minimum Gasteiger partial charge on any atom is -0.402 e. The van der Waals surface area contributed by atoms with Crippen molar-refractivity contribution in [3.63, 3.8) is 0 Å². The average Bonchev–Trinajstić information content (AvgIpc) is 2.42. The summed E-state index contributed by atoms with van der Waals surface area (Å²) in [6.07, 6.45) is 0. The van der Waals surface area contributed by atoms with Crippen molar-refractivity contribution in [1.29, 1.82) is 0 Å². The molecule has 0 aliphatic heterocycles. The first-order valence-electron chi connectivity index (χ1n) is 5.59. The minimum absolute atomic E-state index is 0.0404. The molecule has 0 aromatic heterocycles. The lowest BCUT2D eigenvalue weighted by Crippen LogP contribution is -2.16. The molecule has 2 aromatic carbocycles. The van der Waals surface area contributed by atoms with Crippen LogP contribution in [0.5, 0.6) is 0 Å². The van der Waals surface area contributed by atoms with Crippen LogP contribution in [-0.4, -0.2) is 16.5 Å². The Balaban J connectivity index is 2.26. The maximum absolute atomic E-state index is 5.44. The zero-order chi connectivity index (χ0) is 11.9. The molecule has 0 saturated heterocycles. The highest BCUT2D eigenvalue weighted by molar-refractivity contribution is 6.22. The van der Waals surface area contributed by atoms with Crippen LogP contribution >= 0.6 is 0 Å². The zero-order valence-corrected chi connectivity index (χ0v) is 10.5. The molecule has 0 amide bonds. The second-order valence-electron chi connectivity index (χ2n) is 3.80. The first-order valence-corrected chi connectivity index (χ1v) is 6.57. The molecule has 2 N–H and O–H groups in total. The van der Waals surface area contributed by atoms with Crippen molar-refractivity contribution < 1.29 is 4.43 Å². The smallest absolute Gasteiger partial charge is 0.334 e. The molecule has 86 valence electrons. The van der Waals surface area contributed by atoms with Gasteiger partial charge < -0.3 is 9.83 Å². The van der Waals surface area contributed by atoms with E-state index < -0.39 is 0 Å². The summed E-state index contributed by atoms with van der Waals surface area (Å²) >= 11 is 0. The minimum atomic E-state index is 0.0404. The van der Waals surface area contributed by atoms with Gasteiger partial charge in [-0.15, -0.1) is 0 Å². The van der Waals surface area contributed by atoms with Crippen LogP contribution < -0.4 is 5.40 Å². The van der Waals surface area contributed by atoms with Crippen molar-refractivity contribution in [3.05, 3.63) is 71.8 Å². The molecule has 0 aliphatic rings. The molecular formula is C14H15NOSi. The van der Waals surface area contributed by atoms with E-state index in [1.165, 1.54) is 11.1 Å². The van der Waals surface area contributed by atoms with Crippen molar-refractivity contribution in [2.75, 3.05) is 6.61 Å². The molecule has 2 radical (unpaired) electrons. The number of hydrogen-bond donors (Lipinski definition) is 1. The first kappa shape index (κ1) is 12.0. The van der Waals surface area contributed by atoms with Crippen molar-refractivity contribution >= 4 is 9.92 Å². The fourth-order valence-corrected chi connectivity index (χ4v) is 2.15. The van der Waals surface area contributed by atoms with E-state index in [4.69, 9.17) is 9.83 Å². The summed E-state index contributed by atoms with van der Waals surface area (Å²) in [7, 11) is 0.0404. The van der Waals surface area contributed by atoms with Crippen LogP contribution in [-0.2, 0) is 4.43 Å². The van der Waals surface area contributed by atoms with Crippen LogP contribution in [0.4, 0.5) is 0 Å². The molecule has 2 rings (SSSR count). The molecular weight excluding hydrogens is 226 g/mol. The van der Waals surface area contributed by atoms with Crippen LogP contribution in [0.15, 0.2) is 60.7 Å². The molecule has 0 unspecified atom stereocenters. The molecule has 0 bridgehead atoms. The Bertz CT molecular complexity index is 393. The molecule has 0 heterocycles. The second-order valence-corrected chi connectivity index (χ2v) is 4.33. The second kappa shape index (κ2) is 6.35. The molecule has 0 spiro atoms. The number of benzene rings is 2. The fraction of sp³-hybridized carbons (Fsp3) is 0.143. The summed E-state index contributed by atoms with van der Waals surface area (Å²) in [6.45, 7) is 0.628. The summed E-state index contributed by atoms with van der Waals surface area (Å²) in [5, 5.41) is 5.44.